The number of carbonyl (C=O) groups is 1. The van der Waals surface area contributed by atoms with E-state index in [1.807, 2.05) is 13.0 Å². The summed E-state index contributed by atoms with van der Waals surface area (Å²) in [6, 6.07) is 5.22. The summed E-state index contributed by atoms with van der Waals surface area (Å²) in [5, 5.41) is 2.82. The third-order valence-corrected chi connectivity index (χ3v) is 4.19. The van der Waals surface area contributed by atoms with Crippen LogP contribution in [0.3, 0.4) is 0 Å². The van der Waals surface area contributed by atoms with Crippen LogP contribution in [0.1, 0.15) is 41.2 Å². The Morgan fingerprint density at radius 3 is 2.78 bits per heavy atom. The van der Waals surface area contributed by atoms with Crippen LogP contribution in [0.5, 0.6) is 0 Å². The molecular weight excluding hydrogens is 360 g/mol. The minimum Gasteiger partial charge on any atom is -0.444 e. The number of aromatic nitrogens is 2. The minimum absolute atomic E-state index is 0.258. The van der Waals surface area contributed by atoms with Crippen LogP contribution in [-0.4, -0.2) is 29.0 Å². The molecule has 1 N–H and O–H groups in total. The van der Waals surface area contributed by atoms with Gasteiger partial charge in [0.15, 0.2) is 10.4 Å². The van der Waals surface area contributed by atoms with E-state index in [1.165, 1.54) is 19.3 Å². The Kier molecular flexibility index (Phi) is 4.95. The zero-order valence-electron chi connectivity index (χ0n) is 13.0. The number of nitrogens with zero attached hydrogens (tertiary/aromatic N) is 3. The van der Waals surface area contributed by atoms with Crippen molar-refractivity contribution in [3.8, 4) is 0 Å². The van der Waals surface area contributed by atoms with Crippen LogP contribution in [0.2, 0.25) is 0 Å². The summed E-state index contributed by atoms with van der Waals surface area (Å²) in [7, 11) is 0. The van der Waals surface area contributed by atoms with E-state index >= 15 is 0 Å². The molecule has 0 unspecified atom stereocenters. The lowest BCUT2D eigenvalue weighted by Gasteiger charge is -2.27. The molecule has 0 radical (unpaired) electrons. The number of halogens is 1. The zero-order valence-corrected chi connectivity index (χ0v) is 14.6. The Balaban J connectivity index is 1.67. The fourth-order valence-corrected chi connectivity index (χ4v) is 2.94. The molecule has 1 saturated heterocycles. The molecule has 3 rings (SSSR count). The first-order valence-electron chi connectivity index (χ1n) is 7.75. The number of aryl methyl sites for hydroxylation is 1. The molecule has 7 heteroatoms. The monoisotopic (exact) mass is 378 g/mol. The first-order valence-corrected chi connectivity index (χ1v) is 8.54. The lowest BCUT2D eigenvalue weighted by atomic mass is 10.1. The van der Waals surface area contributed by atoms with Gasteiger partial charge >= 0.3 is 0 Å². The molecule has 1 aliphatic heterocycles. The quantitative estimate of drug-likeness (QED) is 0.884. The van der Waals surface area contributed by atoms with E-state index in [-0.39, 0.29) is 11.7 Å². The van der Waals surface area contributed by atoms with Gasteiger partial charge in [-0.05, 0) is 60.3 Å². The normalized spacial score (nSPS) is 14.8. The Bertz CT molecular complexity index is 695. The van der Waals surface area contributed by atoms with Crippen LogP contribution < -0.4 is 10.2 Å². The van der Waals surface area contributed by atoms with E-state index in [0.717, 1.165) is 30.4 Å². The summed E-state index contributed by atoms with van der Waals surface area (Å²) < 4.78 is 5.78. The van der Waals surface area contributed by atoms with Gasteiger partial charge in [-0.3, -0.25) is 4.79 Å². The standard InChI is InChI=1S/C16H19BrN4O2/c1-11-9-12(10-18-15(22)13-5-6-14(17)23-13)20-16(19-11)21-7-3-2-4-8-21/h5-6,9H,2-4,7-8,10H2,1H3,(H,18,22). The molecule has 3 heterocycles. The summed E-state index contributed by atoms with van der Waals surface area (Å²) >= 11 is 3.19. The number of anilines is 1. The molecule has 23 heavy (non-hydrogen) atoms. The minimum atomic E-state index is -0.258. The van der Waals surface area contributed by atoms with Gasteiger partial charge in [-0.2, -0.15) is 0 Å². The highest BCUT2D eigenvalue weighted by Crippen LogP contribution is 2.17. The molecule has 1 fully saturated rings. The van der Waals surface area contributed by atoms with Crippen molar-refractivity contribution in [2.24, 2.45) is 0 Å². The van der Waals surface area contributed by atoms with Crippen LogP contribution in [0.4, 0.5) is 5.95 Å². The van der Waals surface area contributed by atoms with E-state index in [4.69, 9.17) is 4.42 Å². The second kappa shape index (κ2) is 7.12. The fraction of sp³-hybridized carbons (Fsp3) is 0.438. The second-order valence-electron chi connectivity index (χ2n) is 5.63. The largest absolute Gasteiger partial charge is 0.444 e. The number of hydrogen-bond donors (Lipinski definition) is 1. The molecular formula is C16H19BrN4O2. The van der Waals surface area contributed by atoms with Crippen molar-refractivity contribution in [3.63, 3.8) is 0 Å². The third kappa shape index (κ3) is 4.10. The van der Waals surface area contributed by atoms with Gasteiger partial charge in [0, 0.05) is 18.8 Å². The van der Waals surface area contributed by atoms with Crippen molar-refractivity contribution in [2.45, 2.75) is 32.7 Å². The van der Waals surface area contributed by atoms with Crippen molar-refractivity contribution in [1.29, 1.82) is 0 Å². The smallest absolute Gasteiger partial charge is 0.287 e. The molecule has 0 bridgehead atoms. The molecule has 1 amide bonds. The van der Waals surface area contributed by atoms with Crippen molar-refractivity contribution < 1.29 is 9.21 Å². The van der Waals surface area contributed by atoms with Gasteiger partial charge in [-0.15, -0.1) is 0 Å². The molecule has 0 aromatic carbocycles. The van der Waals surface area contributed by atoms with E-state index < -0.39 is 0 Å². The van der Waals surface area contributed by atoms with Crippen LogP contribution in [-0.2, 0) is 6.54 Å². The maximum Gasteiger partial charge on any atom is 0.287 e. The van der Waals surface area contributed by atoms with E-state index in [1.54, 1.807) is 12.1 Å². The number of carbonyl (C=O) groups excluding carboxylic acids is 1. The van der Waals surface area contributed by atoms with Crippen molar-refractivity contribution >= 4 is 27.8 Å². The molecule has 0 spiro atoms. The second-order valence-corrected chi connectivity index (χ2v) is 6.42. The summed E-state index contributed by atoms with van der Waals surface area (Å²) in [5.41, 5.74) is 1.71. The maximum atomic E-state index is 12.0. The van der Waals surface area contributed by atoms with E-state index in [2.05, 4.69) is 36.1 Å². The number of hydrogen-bond acceptors (Lipinski definition) is 5. The van der Waals surface area contributed by atoms with Crippen LogP contribution >= 0.6 is 15.9 Å². The highest BCUT2D eigenvalue weighted by Gasteiger charge is 2.15. The Morgan fingerprint density at radius 2 is 2.09 bits per heavy atom. The van der Waals surface area contributed by atoms with Crippen molar-refractivity contribution in [3.05, 3.63) is 40.0 Å². The van der Waals surface area contributed by atoms with Crippen molar-refractivity contribution in [2.75, 3.05) is 18.0 Å². The van der Waals surface area contributed by atoms with Gasteiger partial charge in [0.1, 0.15) is 0 Å². The topological polar surface area (TPSA) is 71.3 Å². The fourth-order valence-electron chi connectivity index (χ4n) is 2.64. The van der Waals surface area contributed by atoms with E-state index in [0.29, 0.717) is 11.2 Å². The number of nitrogens with one attached hydrogen (secondary N) is 1. The average molecular weight is 379 g/mol. The zero-order chi connectivity index (χ0) is 16.2. The molecule has 0 aliphatic carbocycles. The molecule has 122 valence electrons. The Morgan fingerprint density at radius 1 is 1.30 bits per heavy atom. The van der Waals surface area contributed by atoms with Gasteiger partial charge in [-0.25, -0.2) is 9.97 Å². The van der Waals surface area contributed by atoms with E-state index in [9.17, 15) is 4.79 Å². The van der Waals surface area contributed by atoms with Gasteiger partial charge in [0.2, 0.25) is 5.95 Å². The summed E-state index contributed by atoms with van der Waals surface area (Å²) in [6.45, 7) is 4.29. The lowest BCUT2D eigenvalue weighted by molar-refractivity contribution is 0.0921. The molecule has 0 saturated carbocycles. The third-order valence-electron chi connectivity index (χ3n) is 3.76. The van der Waals surface area contributed by atoms with Crippen LogP contribution in [0.15, 0.2) is 27.3 Å². The molecule has 2 aromatic heterocycles. The lowest BCUT2D eigenvalue weighted by Crippen LogP contribution is -2.31. The molecule has 2 aromatic rings. The van der Waals surface area contributed by atoms with Gasteiger partial charge in [0.25, 0.3) is 5.91 Å². The molecule has 0 atom stereocenters. The SMILES string of the molecule is Cc1cc(CNC(=O)c2ccc(Br)o2)nc(N2CCCCC2)n1. The predicted molar refractivity (Wildman–Crippen MR) is 90.4 cm³/mol. The Hall–Kier alpha value is -1.89. The highest BCUT2D eigenvalue weighted by molar-refractivity contribution is 9.10. The van der Waals surface area contributed by atoms with Gasteiger partial charge in [-0.1, -0.05) is 0 Å². The van der Waals surface area contributed by atoms with Gasteiger partial charge < -0.3 is 14.6 Å². The molecule has 6 nitrogen and oxygen atoms in total. The molecule has 1 aliphatic rings. The van der Waals surface area contributed by atoms with Crippen LogP contribution in [0.25, 0.3) is 0 Å². The Labute approximate surface area is 143 Å². The number of furan rings is 1. The number of rotatable bonds is 4. The average Bonchev–Trinajstić information content (AvgIpc) is 2.99. The number of piperidine rings is 1. The summed E-state index contributed by atoms with van der Waals surface area (Å²) in [6.07, 6.45) is 3.62. The first kappa shape index (κ1) is 16.0. The van der Waals surface area contributed by atoms with Crippen LogP contribution in [0, 0.1) is 6.92 Å². The summed E-state index contributed by atoms with van der Waals surface area (Å²) in [5.74, 6) is 0.778. The highest BCUT2D eigenvalue weighted by atomic mass is 79.9. The first-order chi connectivity index (χ1) is 11.1. The maximum absolute atomic E-state index is 12.0. The van der Waals surface area contributed by atoms with Crippen molar-refractivity contribution in [1.82, 2.24) is 15.3 Å². The van der Waals surface area contributed by atoms with Gasteiger partial charge in [0.05, 0.1) is 12.2 Å². The number of amides is 1. The summed E-state index contributed by atoms with van der Waals surface area (Å²) in [4.78, 5) is 23.3. The predicted octanol–water partition coefficient (Wildman–Crippen LogP) is 3.06.